The lowest BCUT2D eigenvalue weighted by atomic mass is 10.2. The predicted molar refractivity (Wildman–Crippen MR) is 125 cm³/mol. The second kappa shape index (κ2) is 10.7. The molecule has 31 heavy (non-hydrogen) atoms. The molecule has 10 heteroatoms. The normalized spacial score (nSPS) is 10.8. The molecule has 0 bridgehead atoms. The average molecular weight is 479 g/mol. The molecule has 0 radical (unpaired) electrons. The van der Waals surface area contributed by atoms with Gasteiger partial charge in [0, 0.05) is 16.6 Å². The van der Waals surface area contributed by atoms with Gasteiger partial charge in [0.05, 0.1) is 22.3 Å². The summed E-state index contributed by atoms with van der Waals surface area (Å²) >= 11 is 13.1. The summed E-state index contributed by atoms with van der Waals surface area (Å²) in [5.41, 5.74) is 0.672. The molecular weight excluding hydrogens is 459 g/mol. The lowest BCUT2D eigenvalue weighted by molar-refractivity contribution is -0.117. The topological polar surface area (TPSA) is 93.1 Å². The molecular formula is C21H20Cl2N4O3S. The third kappa shape index (κ3) is 6.00. The highest BCUT2D eigenvalue weighted by Gasteiger charge is 2.16. The van der Waals surface area contributed by atoms with Gasteiger partial charge >= 0.3 is 6.03 Å². The van der Waals surface area contributed by atoms with Crippen LogP contribution in [0.2, 0.25) is 10.0 Å². The van der Waals surface area contributed by atoms with Crippen LogP contribution in [0.5, 0.6) is 0 Å². The fourth-order valence-electron chi connectivity index (χ4n) is 2.77. The average Bonchev–Trinajstić information content (AvgIpc) is 2.73. The first-order valence-electron chi connectivity index (χ1n) is 9.57. The lowest BCUT2D eigenvalue weighted by Crippen LogP contribution is -2.40. The van der Waals surface area contributed by atoms with Gasteiger partial charge in [0.15, 0.2) is 5.16 Å². The van der Waals surface area contributed by atoms with Crippen molar-refractivity contribution in [3.63, 3.8) is 0 Å². The fraction of sp³-hybridized carbons (Fsp3) is 0.238. The number of imide groups is 1. The Morgan fingerprint density at radius 2 is 1.81 bits per heavy atom. The Balaban J connectivity index is 1.88. The first-order chi connectivity index (χ1) is 14.9. The highest BCUT2D eigenvalue weighted by molar-refractivity contribution is 7.99. The summed E-state index contributed by atoms with van der Waals surface area (Å²) in [5, 5.41) is 6.55. The number of hydrogen-bond donors (Lipinski definition) is 2. The molecule has 162 valence electrons. The number of benzene rings is 2. The van der Waals surface area contributed by atoms with Crippen LogP contribution in [0.3, 0.4) is 0 Å². The SMILES string of the molecule is CCCCNC(=O)NC(=O)CSc1nc2cc(Cl)ccc2c(=O)n1-c1ccc(Cl)cc1. The minimum atomic E-state index is -0.549. The lowest BCUT2D eigenvalue weighted by Gasteiger charge is -2.13. The number of nitrogens with zero attached hydrogens (tertiary/aromatic N) is 2. The smallest absolute Gasteiger partial charge is 0.321 e. The number of carbonyl (C=O) groups excluding carboxylic acids is 2. The van der Waals surface area contributed by atoms with E-state index < -0.39 is 11.9 Å². The van der Waals surface area contributed by atoms with Gasteiger partial charge in [-0.25, -0.2) is 9.78 Å². The second-order valence-corrected chi connectivity index (χ2v) is 8.43. The maximum Gasteiger partial charge on any atom is 0.321 e. The molecule has 3 amide bonds. The molecule has 0 aliphatic rings. The number of halogens is 2. The Labute approximate surface area is 193 Å². The van der Waals surface area contributed by atoms with Crippen LogP contribution in [0.1, 0.15) is 19.8 Å². The molecule has 0 fully saturated rings. The molecule has 2 N–H and O–H groups in total. The Morgan fingerprint density at radius 1 is 1.10 bits per heavy atom. The van der Waals surface area contributed by atoms with Crippen molar-refractivity contribution in [3.8, 4) is 5.69 Å². The van der Waals surface area contributed by atoms with Gasteiger partial charge < -0.3 is 5.32 Å². The van der Waals surface area contributed by atoms with E-state index in [1.54, 1.807) is 42.5 Å². The number of amides is 3. The van der Waals surface area contributed by atoms with Gasteiger partial charge in [-0.2, -0.15) is 0 Å². The van der Waals surface area contributed by atoms with Crippen LogP contribution in [0.4, 0.5) is 4.79 Å². The van der Waals surface area contributed by atoms with Gasteiger partial charge in [-0.05, 0) is 48.9 Å². The molecule has 0 saturated heterocycles. The van der Waals surface area contributed by atoms with Crippen molar-refractivity contribution >= 4 is 57.8 Å². The number of carbonyl (C=O) groups is 2. The number of unbranched alkanes of at least 4 members (excludes halogenated alkanes) is 1. The molecule has 0 aliphatic carbocycles. The molecule has 2 aromatic carbocycles. The van der Waals surface area contributed by atoms with Crippen molar-refractivity contribution in [1.29, 1.82) is 0 Å². The van der Waals surface area contributed by atoms with Crippen molar-refractivity contribution in [2.24, 2.45) is 0 Å². The molecule has 0 saturated carbocycles. The number of hydrogen-bond acceptors (Lipinski definition) is 5. The van der Waals surface area contributed by atoms with E-state index in [0.29, 0.717) is 38.3 Å². The quantitative estimate of drug-likeness (QED) is 0.298. The molecule has 1 aromatic heterocycles. The zero-order valence-corrected chi connectivity index (χ0v) is 19.0. The molecule has 3 rings (SSSR count). The van der Waals surface area contributed by atoms with E-state index in [-0.39, 0.29) is 11.3 Å². The zero-order chi connectivity index (χ0) is 22.4. The van der Waals surface area contributed by atoms with Crippen LogP contribution in [0.25, 0.3) is 16.6 Å². The minimum absolute atomic E-state index is 0.104. The number of thioether (sulfide) groups is 1. The largest absolute Gasteiger partial charge is 0.338 e. The molecule has 7 nitrogen and oxygen atoms in total. The molecule has 0 spiro atoms. The van der Waals surface area contributed by atoms with Crippen molar-refractivity contribution < 1.29 is 9.59 Å². The van der Waals surface area contributed by atoms with Gasteiger partial charge in [0.1, 0.15) is 0 Å². The van der Waals surface area contributed by atoms with Crippen molar-refractivity contribution in [2.45, 2.75) is 24.9 Å². The van der Waals surface area contributed by atoms with Crippen LogP contribution in [-0.4, -0.2) is 33.8 Å². The Hall–Kier alpha value is -2.55. The maximum absolute atomic E-state index is 13.2. The van der Waals surface area contributed by atoms with Crippen molar-refractivity contribution in [3.05, 3.63) is 62.9 Å². The van der Waals surface area contributed by atoms with E-state index in [1.165, 1.54) is 4.57 Å². The molecule has 3 aromatic rings. The minimum Gasteiger partial charge on any atom is -0.338 e. The van der Waals surface area contributed by atoms with E-state index in [2.05, 4.69) is 15.6 Å². The van der Waals surface area contributed by atoms with Crippen LogP contribution in [0.15, 0.2) is 52.4 Å². The highest BCUT2D eigenvalue weighted by Crippen LogP contribution is 2.23. The van der Waals surface area contributed by atoms with Crippen LogP contribution < -0.4 is 16.2 Å². The first-order valence-corrected chi connectivity index (χ1v) is 11.3. The highest BCUT2D eigenvalue weighted by atomic mass is 35.5. The van der Waals surface area contributed by atoms with Gasteiger partial charge in [-0.15, -0.1) is 0 Å². The summed E-state index contributed by atoms with van der Waals surface area (Å²) in [4.78, 5) is 41.7. The van der Waals surface area contributed by atoms with Gasteiger partial charge in [0.25, 0.3) is 5.56 Å². The van der Waals surface area contributed by atoms with E-state index in [1.807, 2.05) is 6.92 Å². The summed E-state index contributed by atoms with van der Waals surface area (Å²) < 4.78 is 1.41. The van der Waals surface area contributed by atoms with Crippen LogP contribution in [-0.2, 0) is 4.79 Å². The van der Waals surface area contributed by atoms with E-state index in [0.717, 1.165) is 24.6 Å². The summed E-state index contributed by atoms with van der Waals surface area (Å²) in [6, 6.07) is 11.0. The predicted octanol–water partition coefficient (Wildman–Crippen LogP) is 4.41. The van der Waals surface area contributed by atoms with E-state index >= 15 is 0 Å². The summed E-state index contributed by atoms with van der Waals surface area (Å²) in [5.74, 6) is -0.602. The van der Waals surface area contributed by atoms with E-state index in [9.17, 15) is 14.4 Å². The zero-order valence-electron chi connectivity index (χ0n) is 16.7. The first kappa shape index (κ1) is 23.1. The molecule has 0 atom stereocenters. The molecule has 0 aliphatic heterocycles. The summed E-state index contributed by atoms with van der Waals surface area (Å²) in [7, 11) is 0. The number of fused-ring (bicyclic) bond motifs is 1. The van der Waals surface area contributed by atoms with Gasteiger partial charge in [-0.3, -0.25) is 19.5 Å². The van der Waals surface area contributed by atoms with Crippen molar-refractivity contribution in [2.75, 3.05) is 12.3 Å². The molecule has 0 unspecified atom stereocenters. The maximum atomic E-state index is 13.2. The van der Waals surface area contributed by atoms with E-state index in [4.69, 9.17) is 23.2 Å². The third-order valence-electron chi connectivity index (χ3n) is 4.29. The van der Waals surface area contributed by atoms with Gasteiger partial charge in [-0.1, -0.05) is 48.3 Å². The van der Waals surface area contributed by atoms with Crippen LogP contribution in [0, 0.1) is 0 Å². The number of aromatic nitrogens is 2. The Bertz CT molecular complexity index is 1170. The summed E-state index contributed by atoms with van der Waals surface area (Å²) in [6.07, 6.45) is 1.76. The third-order valence-corrected chi connectivity index (χ3v) is 5.71. The number of urea groups is 1. The number of nitrogens with one attached hydrogen (secondary N) is 2. The summed E-state index contributed by atoms with van der Waals surface area (Å²) in [6.45, 7) is 2.50. The monoisotopic (exact) mass is 478 g/mol. The van der Waals surface area contributed by atoms with Gasteiger partial charge in [0.2, 0.25) is 5.91 Å². The second-order valence-electron chi connectivity index (χ2n) is 6.62. The van der Waals surface area contributed by atoms with Crippen molar-refractivity contribution in [1.82, 2.24) is 20.2 Å². The Morgan fingerprint density at radius 3 is 2.52 bits per heavy atom. The Kier molecular flexibility index (Phi) is 7.95. The molecule has 1 heterocycles. The standard InChI is InChI=1S/C21H20Cl2N4O3S/c1-2-3-10-24-20(30)26-18(28)12-31-21-25-17-11-14(23)6-9-16(17)19(29)27(21)15-7-4-13(22)5-8-15/h4-9,11H,2-3,10,12H2,1H3,(H2,24,26,28,30). The van der Waals surface area contributed by atoms with Crippen LogP contribution >= 0.6 is 35.0 Å². The number of rotatable bonds is 7. The fourth-order valence-corrected chi connectivity index (χ4v) is 3.87.